The Kier molecular flexibility index (Phi) is 6.19. The zero-order valence-electron chi connectivity index (χ0n) is 14.4. The van der Waals surface area contributed by atoms with Gasteiger partial charge in [0.25, 0.3) is 0 Å². The average Bonchev–Trinajstić information content (AvgIpc) is 3.06. The fraction of sp³-hybridized carbons (Fsp3) is 0.368. The molecule has 0 unspecified atom stereocenters. The van der Waals surface area contributed by atoms with Gasteiger partial charge in [0.05, 0.1) is 10.7 Å². The van der Waals surface area contributed by atoms with Crippen LogP contribution in [0.5, 0.6) is 5.75 Å². The summed E-state index contributed by atoms with van der Waals surface area (Å²) in [6, 6.07) is 9.85. The van der Waals surface area contributed by atoms with Crippen molar-refractivity contribution < 1.29 is 9.53 Å². The highest BCUT2D eigenvalue weighted by molar-refractivity contribution is 7.09. The van der Waals surface area contributed by atoms with Gasteiger partial charge in [-0.25, -0.2) is 4.98 Å². The zero-order valence-corrected chi connectivity index (χ0v) is 15.2. The molecule has 0 saturated carbocycles. The summed E-state index contributed by atoms with van der Waals surface area (Å²) in [5, 5.41) is 2.97. The van der Waals surface area contributed by atoms with E-state index in [-0.39, 0.29) is 5.91 Å². The highest BCUT2D eigenvalue weighted by Gasteiger charge is 2.19. The number of hydrogen-bond acceptors (Lipinski definition) is 5. The fourth-order valence-corrected chi connectivity index (χ4v) is 3.30. The Bertz CT molecular complexity index is 706. The van der Waals surface area contributed by atoms with Crippen LogP contribution in [0.3, 0.4) is 0 Å². The second kappa shape index (κ2) is 8.78. The number of aromatic nitrogens is 1. The van der Waals surface area contributed by atoms with E-state index >= 15 is 0 Å². The van der Waals surface area contributed by atoms with Gasteiger partial charge in [0.15, 0.2) is 0 Å². The molecule has 5 nitrogen and oxygen atoms in total. The SMILES string of the molecule is Cc1nc(C=CC(=O)N2CCN(CCOc3ccccc3)CC2)cs1. The Labute approximate surface area is 152 Å². The van der Waals surface area contributed by atoms with E-state index in [1.54, 1.807) is 23.5 Å². The van der Waals surface area contributed by atoms with Crippen LogP contribution in [0.1, 0.15) is 10.7 Å². The Morgan fingerprint density at radius 2 is 2.00 bits per heavy atom. The van der Waals surface area contributed by atoms with Crippen molar-refractivity contribution in [3.8, 4) is 5.75 Å². The van der Waals surface area contributed by atoms with Crippen LogP contribution >= 0.6 is 11.3 Å². The van der Waals surface area contributed by atoms with E-state index in [1.165, 1.54) is 0 Å². The average molecular weight is 357 g/mol. The summed E-state index contributed by atoms with van der Waals surface area (Å²) >= 11 is 1.59. The van der Waals surface area contributed by atoms with Gasteiger partial charge in [-0.3, -0.25) is 9.69 Å². The molecule has 0 N–H and O–H groups in total. The molecule has 1 aromatic carbocycles. The quantitative estimate of drug-likeness (QED) is 0.746. The molecule has 2 aromatic rings. The number of carbonyl (C=O) groups excluding carboxylic acids is 1. The molecular formula is C19H23N3O2S. The molecule has 1 fully saturated rings. The van der Waals surface area contributed by atoms with Crippen molar-refractivity contribution in [1.29, 1.82) is 0 Å². The molecule has 132 valence electrons. The fourth-order valence-electron chi connectivity index (χ4n) is 2.72. The van der Waals surface area contributed by atoms with Gasteiger partial charge in [-0.1, -0.05) is 18.2 Å². The second-order valence-electron chi connectivity index (χ2n) is 5.95. The lowest BCUT2D eigenvalue weighted by molar-refractivity contribution is -0.127. The number of piperazine rings is 1. The van der Waals surface area contributed by atoms with Crippen molar-refractivity contribution in [2.24, 2.45) is 0 Å². The first-order chi connectivity index (χ1) is 12.2. The third-order valence-electron chi connectivity index (χ3n) is 4.14. The lowest BCUT2D eigenvalue weighted by Gasteiger charge is -2.34. The van der Waals surface area contributed by atoms with Gasteiger partial charge in [-0.15, -0.1) is 11.3 Å². The lowest BCUT2D eigenvalue weighted by Crippen LogP contribution is -2.49. The van der Waals surface area contributed by atoms with Crippen LogP contribution in [0.2, 0.25) is 0 Å². The predicted molar refractivity (Wildman–Crippen MR) is 101 cm³/mol. The largest absolute Gasteiger partial charge is 0.492 e. The third-order valence-corrected chi connectivity index (χ3v) is 4.93. The number of rotatable bonds is 6. The maximum absolute atomic E-state index is 12.3. The van der Waals surface area contributed by atoms with Gasteiger partial charge < -0.3 is 9.64 Å². The third kappa shape index (κ3) is 5.41. The van der Waals surface area contributed by atoms with Gasteiger partial charge in [0, 0.05) is 44.2 Å². The number of carbonyl (C=O) groups is 1. The molecule has 1 aliphatic rings. The van der Waals surface area contributed by atoms with Gasteiger partial charge in [0.1, 0.15) is 12.4 Å². The van der Waals surface area contributed by atoms with Crippen molar-refractivity contribution in [1.82, 2.24) is 14.8 Å². The smallest absolute Gasteiger partial charge is 0.246 e. The van der Waals surface area contributed by atoms with E-state index in [0.717, 1.165) is 49.2 Å². The molecule has 1 saturated heterocycles. The minimum atomic E-state index is 0.0610. The predicted octanol–water partition coefficient (Wildman–Crippen LogP) is 2.69. The summed E-state index contributed by atoms with van der Waals surface area (Å²) in [6.45, 7) is 6.78. The second-order valence-corrected chi connectivity index (χ2v) is 7.02. The number of nitrogens with zero attached hydrogens (tertiary/aromatic N) is 3. The topological polar surface area (TPSA) is 45.7 Å². The van der Waals surface area contributed by atoms with Crippen LogP contribution in [0.15, 0.2) is 41.8 Å². The molecule has 0 spiro atoms. The van der Waals surface area contributed by atoms with Gasteiger partial charge in [-0.05, 0) is 25.1 Å². The highest BCUT2D eigenvalue weighted by Crippen LogP contribution is 2.11. The van der Waals surface area contributed by atoms with E-state index in [4.69, 9.17) is 4.74 Å². The molecule has 1 amide bonds. The number of aryl methyl sites for hydroxylation is 1. The van der Waals surface area contributed by atoms with Crippen LogP contribution in [0.25, 0.3) is 6.08 Å². The van der Waals surface area contributed by atoms with Crippen LogP contribution in [-0.4, -0.2) is 60.0 Å². The minimum absolute atomic E-state index is 0.0610. The van der Waals surface area contributed by atoms with Crippen molar-refractivity contribution in [2.45, 2.75) is 6.92 Å². The summed E-state index contributed by atoms with van der Waals surface area (Å²) in [6.07, 6.45) is 3.43. The van der Waals surface area contributed by atoms with Crippen molar-refractivity contribution >= 4 is 23.3 Å². The molecule has 0 bridgehead atoms. The van der Waals surface area contributed by atoms with Crippen LogP contribution in [0, 0.1) is 6.92 Å². The summed E-state index contributed by atoms with van der Waals surface area (Å²) in [7, 11) is 0. The summed E-state index contributed by atoms with van der Waals surface area (Å²) in [5.41, 5.74) is 0.854. The van der Waals surface area contributed by atoms with Crippen molar-refractivity contribution in [3.05, 3.63) is 52.5 Å². The Balaban J connectivity index is 1.38. The normalized spacial score (nSPS) is 15.6. The van der Waals surface area contributed by atoms with Gasteiger partial charge in [-0.2, -0.15) is 0 Å². The molecule has 6 heteroatoms. The number of benzene rings is 1. The first-order valence-corrected chi connectivity index (χ1v) is 9.38. The molecule has 3 rings (SSSR count). The monoisotopic (exact) mass is 357 g/mol. The Hall–Kier alpha value is -2.18. The van der Waals surface area contributed by atoms with Crippen molar-refractivity contribution in [3.63, 3.8) is 0 Å². The molecular weight excluding hydrogens is 334 g/mol. The molecule has 2 heterocycles. The lowest BCUT2D eigenvalue weighted by atomic mass is 10.3. The molecule has 0 aliphatic carbocycles. The molecule has 1 aromatic heterocycles. The van der Waals surface area contributed by atoms with Crippen molar-refractivity contribution in [2.75, 3.05) is 39.3 Å². The van der Waals surface area contributed by atoms with Crippen LogP contribution < -0.4 is 4.74 Å². The summed E-state index contributed by atoms with van der Waals surface area (Å²) < 4.78 is 5.73. The Morgan fingerprint density at radius 3 is 2.68 bits per heavy atom. The van der Waals surface area contributed by atoms with Gasteiger partial charge in [0.2, 0.25) is 5.91 Å². The maximum Gasteiger partial charge on any atom is 0.246 e. The zero-order chi connectivity index (χ0) is 17.5. The number of thiazole rings is 1. The van der Waals surface area contributed by atoms with E-state index in [0.29, 0.717) is 6.61 Å². The van der Waals surface area contributed by atoms with E-state index in [2.05, 4.69) is 9.88 Å². The van der Waals surface area contributed by atoms with Crippen LogP contribution in [-0.2, 0) is 4.79 Å². The van der Waals surface area contributed by atoms with Crippen LogP contribution in [0.4, 0.5) is 0 Å². The first kappa shape index (κ1) is 17.6. The van der Waals surface area contributed by atoms with Gasteiger partial charge >= 0.3 is 0 Å². The molecule has 0 radical (unpaired) electrons. The molecule has 1 aliphatic heterocycles. The van der Waals surface area contributed by atoms with E-state index in [9.17, 15) is 4.79 Å². The number of para-hydroxylation sites is 1. The summed E-state index contributed by atoms with van der Waals surface area (Å²) in [4.78, 5) is 20.8. The van der Waals surface area contributed by atoms with E-state index in [1.807, 2.05) is 47.5 Å². The highest BCUT2D eigenvalue weighted by atomic mass is 32.1. The number of ether oxygens (including phenoxy) is 1. The first-order valence-electron chi connectivity index (χ1n) is 8.50. The minimum Gasteiger partial charge on any atom is -0.492 e. The summed E-state index contributed by atoms with van der Waals surface area (Å²) in [5.74, 6) is 0.963. The maximum atomic E-state index is 12.3. The number of amides is 1. The standard InChI is InChI=1S/C19H23N3O2S/c1-16-20-17(15-25-16)7-8-19(23)22-11-9-21(10-12-22)13-14-24-18-5-3-2-4-6-18/h2-8,15H,9-14H2,1H3. The van der Waals surface area contributed by atoms with E-state index < -0.39 is 0 Å². The molecule has 25 heavy (non-hydrogen) atoms. The number of hydrogen-bond donors (Lipinski definition) is 0. The Morgan fingerprint density at radius 1 is 1.24 bits per heavy atom. The molecule has 0 atom stereocenters.